The second-order valence-electron chi connectivity index (χ2n) is 3.10. The Labute approximate surface area is 111 Å². The average molecular weight is 278 g/mol. The minimum atomic E-state index is -1.44. The van der Waals surface area contributed by atoms with Gasteiger partial charge in [0.2, 0.25) is 0 Å². The van der Waals surface area contributed by atoms with Crippen LogP contribution in [0, 0.1) is 6.92 Å². The number of aliphatic hydroxyl groups excluding tert-OH is 1. The number of benzene rings is 1. The second-order valence-corrected chi connectivity index (χ2v) is 3.54. The molecule has 1 N–H and O–H groups in total. The van der Waals surface area contributed by atoms with Crippen LogP contribution in [0.5, 0.6) is 5.75 Å². The van der Waals surface area contributed by atoms with Crippen LogP contribution in [0.2, 0.25) is 0 Å². The molecule has 0 fully saturated rings. The van der Waals surface area contributed by atoms with Gasteiger partial charge < -0.3 is 9.29 Å². The van der Waals surface area contributed by atoms with E-state index >= 15 is 0 Å². The molecular weight excluding hydrogens is 259 g/mol. The van der Waals surface area contributed by atoms with E-state index in [0.717, 1.165) is 5.56 Å². The fourth-order valence-corrected chi connectivity index (χ4v) is 1.13. The van der Waals surface area contributed by atoms with Gasteiger partial charge in [0.1, 0.15) is 18.5 Å². The minimum Gasteiger partial charge on any atom is -0.399 e. The molecule has 1 aromatic carbocycles. The Kier molecular flexibility index (Phi) is 10.8. The van der Waals surface area contributed by atoms with Crippen molar-refractivity contribution in [1.29, 1.82) is 0 Å². The summed E-state index contributed by atoms with van der Waals surface area (Å²) in [5, 5.41) is 8.35. The molecule has 0 amide bonds. The molecule has 1 aromatic rings. The van der Waals surface area contributed by atoms with Crippen molar-refractivity contribution in [2.45, 2.75) is 26.9 Å². The third kappa shape index (κ3) is 8.30. The molecule has 0 bridgehead atoms. The predicted octanol–water partition coefficient (Wildman–Crippen LogP) is 3.24. The summed E-state index contributed by atoms with van der Waals surface area (Å²) in [5.74, 6) is 0.609. The van der Waals surface area contributed by atoms with Gasteiger partial charge in [-0.05, 0) is 19.1 Å². The van der Waals surface area contributed by atoms with E-state index in [9.17, 15) is 4.39 Å². The van der Waals surface area contributed by atoms with Crippen LogP contribution in [0.1, 0.15) is 19.4 Å². The van der Waals surface area contributed by atoms with Crippen LogP contribution in [-0.4, -0.2) is 24.5 Å². The molecule has 0 heterocycles. The standard InChI is InChI=1S/C10H13FO4S.C2H6/c1-8-2-4-10(5-3-8)14-16-15-13-7-9(11)6-12;1-2/h2-5,9,12H,6-7H2,1H3;1-2H3. The largest absolute Gasteiger partial charge is 0.399 e. The molecule has 104 valence electrons. The molecule has 18 heavy (non-hydrogen) atoms. The molecule has 0 saturated carbocycles. The van der Waals surface area contributed by atoms with Gasteiger partial charge in [0.05, 0.1) is 6.61 Å². The molecular formula is C12H19FO4S. The first-order chi connectivity index (χ1) is 8.72. The van der Waals surface area contributed by atoms with E-state index in [4.69, 9.17) is 9.29 Å². The molecule has 4 nitrogen and oxygen atoms in total. The molecule has 1 unspecified atom stereocenters. The van der Waals surface area contributed by atoms with E-state index in [1.165, 1.54) is 0 Å². The molecule has 0 spiro atoms. The van der Waals surface area contributed by atoms with E-state index < -0.39 is 12.8 Å². The van der Waals surface area contributed by atoms with Gasteiger partial charge in [0, 0.05) is 0 Å². The smallest absolute Gasteiger partial charge is 0.258 e. The SMILES string of the molecule is CC.Cc1ccc(OSOOCC(F)CO)cc1. The Morgan fingerprint density at radius 1 is 1.28 bits per heavy atom. The van der Waals surface area contributed by atoms with Crippen molar-refractivity contribution in [3.05, 3.63) is 29.8 Å². The summed E-state index contributed by atoms with van der Waals surface area (Å²) in [6.45, 7) is 5.04. The van der Waals surface area contributed by atoms with E-state index in [1.54, 1.807) is 12.1 Å². The number of halogens is 1. The highest BCUT2D eigenvalue weighted by molar-refractivity contribution is 7.90. The number of aryl methyl sites for hydroxylation is 1. The number of rotatable bonds is 7. The van der Waals surface area contributed by atoms with E-state index in [-0.39, 0.29) is 6.61 Å². The summed E-state index contributed by atoms with van der Waals surface area (Å²) in [4.78, 5) is 4.43. The fourth-order valence-electron chi connectivity index (χ4n) is 0.821. The number of hydrogen-bond acceptors (Lipinski definition) is 5. The lowest BCUT2D eigenvalue weighted by molar-refractivity contribution is -0.208. The summed E-state index contributed by atoms with van der Waals surface area (Å²) in [6.07, 6.45) is -1.44. The zero-order chi connectivity index (χ0) is 13.8. The van der Waals surface area contributed by atoms with Crippen LogP contribution in [0.25, 0.3) is 0 Å². The number of hydrogen-bond donors (Lipinski definition) is 1. The van der Waals surface area contributed by atoms with Crippen molar-refractivity contribution in [3.8, 4) is 5.75 Å². The van der Waals surface area contributed by atoms with Crippen molar-refractivity contribution >= 4 is 12.3 Å². The third-order valence-corrected chi connectivity index (χ3v) is 2.09. The Morgan fingerprint density at radius 2 is 1.89 bits per heavy atom. The molecule has 6 heteroatoms. The van der Waals surface area contributed by atoms with Crippen LogP contribution in [0.3, 0.4) is 0 Å². The molecule has 0 aliphatic rings. The quantitative estimate of drug-likeness (QED) is 0.359. The van der Waals surface area contributed by atoms with Gasteiger partial charge in [-0.15, -0.1) is 4.33 Å². The number of aliphatic hydroxyl groups is 1. The first-order valence-corrected chi connectivity index (χ1v) is 6.33. The summed E-state index contributed by atoms with van der Waals surface area (Å²) >= 11 is 0.594. The maximum absolute atomic E-state index is 12.4. The first kappa shape index (κ1) is 17.2. The van der Waals surface area contributed by atoms with Crippen LogP contribution in [-0.2, 0) is 9.22 Å². The summed E-state index contributed by atoms with van der Waals surface area (Å²) in [5.41, 5.74) is 1.12. The predicted molar refractivity (Wildman–Crippen MR) is 69.8 cm³/mol. The van der Waals surface area contributed by atoms with E-state index in [2.05, 4.69) is 9.22 Å². The van der Waals surface area contributed by atoms with Crippen molar-refractivity contribution < 1.29 is 22.9 Å². The van der Waals surface area contributed by atoms with Gasteiger partial charge >= 0.3 is 0 Å². The van der Waals surface area contributed by atoms with Gasteiger partial charge in [0.15, 0.2) is 0 Å². The Hall–Kier alpha value is -0.820. The van der Waals surface area contributed by atoms with Gasteiger partial charge in [-0.3, -0.25) is 0 Å². The summed E-state index contributed by atoms with van der Waals surface area (Å²) in [7, 11) is 0. The van der Waals surface area contributed by atoms with Crippen molar-refractivity contribution in [1.82, 2.24) is 0 Å². The molecule has 0 aliphatic carbocycles. The van der Waals surface area contributed by atoms with E-state index in [0.29, 0.717) is 18.1 Å². The van der Waals surface area contributed by atoms with Crippen LogP contribution < -0.4 is 4.18 Å². The highest BCUT2D eigenvalue weighted by Crippen LogP contribution is 2.17. The lowest BCUT2D eigenvalue weighted by Crippen LogP contribution is -2.13. The first-order valence-electron chi connectivity index (χ1n) is 5.67. The normalized spacial score (nSPS) is 11.4. The van der Waals surface area contributed by atoms with Crippen LogP contribution in [0.15, 0.2) is 24.3 Å². The van der Waals surface area contributed by atoms with Crippen LogP contribution in [0.4, 0.5) is 4.39 Å². The highest BCUT2D eigenvalue weighted by atomic mass is 32.2. The average Bonchev–Trinajstić information content (AvgIpc) is 2.42. The van der Waals surface area contributed by atoms with Crippen molar-refractivity contribution in [3.63, 3.8) is 0 Å². The zero-order valence-electron chi connectivity index (χ0n) is 10.8. The maximum atomic E-state index is 12.4. The van der Waals surface area contributed by atoms with Gasteiger partial charge in [-0.2, -0.15) is 0 Å². The molecule has 0 aromatic heterocycles. The molecule has 0 saturated heterocycles. The molecule has 0 radical (unpaired) electrons. The minimum absolute atomic E-state index is 0.333. The Morgan fingerprint density at radius 3 is 2.44 bits per heavy atom. The lowest BCUT2D eigenvalue weighted by Gasteiger charge is -2.05. The molecule has 0 aliphatic heterocycles. The van der Waals surface area contributed by atoms with Gasteiger partial charge in [0.25, 0.3) is 12.3 Å². The molecule has 1 rings (SSSR count). The summed E-state index contributed by atoms with van der Waals surface area (Å²) in [6, 6.07) is 7.33. The Bertz CT molecular complexity index is 295. The van der Waals surface area contributed by atoms with E-state index in [1.807, 2.05) is 32.9 Å². The zero-order valence-corrected chi connectivity index (χ0v) is 11.6. The van der Waals surface area contributed by atoms with Crippen molar-refractivity contribution in [2.24, 2.45) is 0 Å². The van der Waals surface area contributed by atoms with Gasteiger partial charge in [-0.25, -0.2) is 9.28 Å². The maximum Gasteiger partial charge on any atom is 0.258 e. The highest BCUT2D eigenvalue weighted by Gasteiger charge is 2.05. The third-order valence-electron chi connectivity index (χ3n) is 1.67. The monoisotopic (exact) mass is 278 g/mol. The van der Waals surface area contributed by atoms with Gasteiger partial charge in [-0.1, -0.05) is 31.5 Å². The topological polar surface area (TPSA) is 47.9 Å². The number of alkyl halides is 1. The van der Waals surface area contributed by atoms with Crippen LogP contribution >= 0.6 is 12.3 Å². The fraction of sp³-hybridized carbons (Fsp3) is 0.500. The lowest BCUT2D eigenvalue weighted by atomic mass is 10.2. The van der Waals surface area contributed by atoms with Crippen molar-refractivity contribution in [2.75, 3.05) is 13.2 Å². The summed E-state index contributed by atoms with van der Waals surface area (Å²) < 4.78 is 22.0. The Balaban J connectivity index is 0.00000137. The second kappa shape index (κ2) is 11.3. The molecule has 1 atom stereocenters.